The van der Waals surface area contributed by atoms with Crippen LogP contribution in [0, 0.1) is 11.8 Å². The highest BCUT2D eigenvalue weighted by Crippen LogP contribution is 2.34. The molecule has 148 valence electrons. The van der Waals surface area contributed by atoms with Crippen molar-refractivity contribution >= 4 is 23.2 Å². The zero-order valence-corrected chi connectivity index (χ0v) is 17.0. The second-order valence-corrected chi connectivity index (χ2v) is 9.33. The molecule has 2 amide bonds. The maximum atomic E-state index is 12.9. The summed E-state index contributed by atoms with van der Waals surface area (Å²) < 4.78 is 6.16. The minimum absolute atomic E-state index is 0.105. The molecule has 0 unspecified atom stereocenters. The quantitative estimate of drug-likeness (QED) is 0.778. The van der Waals surface area contributed by atoms with Crippen LogP contribution in [-0.2, 0) is 9.53 Å². The third kappa shape index (κ3) is 4.06. The number of thiophene rings is 1. The second-order valence-electron chi connectivity index (χ2n) is 8.55. The van der Waals surface area contributed by atoms with Crippen molar-refractivity contribution in [1.29, 1.82) is 0 Å². The van der Waals surface area contributed by atoms with E-state index in [-0.39, 0.29) is 17.4 Å². The number of carbonyl (C=O) groups excluding carboxylic acids is 2. The molecule has 3 heterocycles. The molecule has 1 aromatic heterocycles. The highest BCUT2D eigenvalue weighted by molar-refractivity contribution is 7.08. The van der Waals surface area contributed by atoms with E-state index < -0.39 is 0 Å². The number of likely N-dealkylation sites (tertiary alicyclic amines) is 1. The number of carbonyl (C=O) groups is 2. The Morgan fingerprint density at radius 2 is 1.85 bits per heavy atom. The van der Waals surface area contributed by atoms with E-state index in [0.717, 1.165) is 50.3 Å². The maximum absolute atomic E-state index is 12.9. The van der Waals surface area contributed by atoms with Crippen LogP contribution < -0.4 is 0 Å². The summed E-state index contributed by atoms with van der Waals surface area (Å²) in [6.07, 6.45) is 6.10. The van der Waals surface area contributed by atoms with Crippen molar-refractivity contribution in [3.63, 3.8) is 0 Å². The monoisotopic (exact) mass is 390 g/mol. The van der Waals surface area contributed by atoms with Crippen LogP contribution >= 0.6 is 11.3 Å². The van der Waals surface area contributed by atoms with E-state index in [2.05, 4.69) is 11.8 Å². The van der Waals surface area contributed by atoms with Crippen LogP contribution in [0.1, 0.15) is 55.8 Å². The van der Waals surface area contributed by atoms with Gasteiger partial charge in [-0.25, -0.2) is 0 Å². The number of hydrogen-bond donors (Lipinski definition) is 0. The largest absolute Gasteiger partial charge is 0.371 e. The van der Waals surface area contributed by atoms with Crippen molar-refractivity contribution in [2.75, 3.05) is 32.8 Å². The number of rotatable bonds is 2. The van der Waals surface area contributed by atoms with Crippen LogP contribution in [0.4, 0.5) is 0 Å². The molecule has 4 rings (SSSR count). The first-order valence-corrected chi connectivity index (χ1v) is 11.2. The van der Waals surface area contributed by atoms with Gasteiger partial charge in [0.1, 0.15) is 0 Å². The van der Waals surface area contributed by atoms with Gasteiger partial charge in [0, 0.05) is 30.9 Å². The van der Waals surface area contributed by atoms with Crippen molar-refractivity contribution in [3.05, 3.63) is 22.4 Å². The molecule has 1 spiro atoms. The third-order valence-corrected chi connectivity index (χ3v) is 7.34. The summed E-state index contributed by atoms with van der Waals surface area (Å²) in [6, 6.07) is 1.89. The van der Waals surface area contributed by atoms with Gasteiger partial charge < -0.3 is 14.5 Å². The Balaban J connectivity index is 1.33. The van der Waals surface area contributed by atoms with E-state index >= 15 is 0 Å². The molecular formula is C21H30N2O3S. The van der Waals surface area contributed by atoms with Gasteiger partial charge in [-0.1, -0.05) is 6.92 Å². The number of hydrogen-bond acceptors (Lipinski definition) is 4. The fourth-order valence-electron chi connectivity index (χ4n) is 4.79. The number of piperidine rings is 1. The van der Waals surface area contributed by atoms with Gasteiger partial charge in [-0.05, 0) is 55.9 Å². The first-order chi connectivity index (χ1) is 13.1. The van der Waals surface area contributed by atoms with E-state index in [1.165, 1.54) is 12.8 Å². The Kier molecular flexibility index (Phi) is 5.55. The Labute approximate surface area is 165 Å². The lowest BCUT2D eigenvalue weighted by molar-refractivity contribution is -0.151. The Hall–Kier alpha value is -1.40. The maximum Gasteiger partial charge on any atom is 0.254 e. The van der Waals surface area contributed by atoms with Crippen molar-refractivity contribution in [3.8, 4) is 0 Å². The van der Waals surface area contributed by atoms with Crippen LogP contribution in [0.5, 0.6) is 0 Å². The van der Waals surface area contributed by atoms with Crippen LogP contribution in [0.15, 0.2) is 16.8 Å². The molecule has 1 saturated carbocycles. The fraction of sp³-hybridized carbons (Fsp3) is 0.714. The van der Waals surface area contributed by atoms with Gasteiger partial charge in [0.05, 0.1) is 24.3 Å². The van der Waals surface area contributed by atoms with Gasteiger partial charge in [0.15, 0.2) is 0 Å². The first kappa shape index (κ1) is 18.9. The fourth-order valence-corrected chi connectivity index (χ4v) is 5.42. The summed E-state index contributed by atoms with van der Waals surface area (Å²) in [4.78, 5) is 29.6. The van der Waals surface area contributed by atoms with E-state index in [4.69, 9.17) is 4.74 Å². The molecule has 1 aliphatic carbocycles. The molecule has 27 heavy (non-hydrogen) atoms. The topological polar surface area (TPSA) is 49.9 Å². The molecule has 1 aromatic rings. The Morgan fingerprint density at radius 3 is 2.52 bits per heavy atom. The van der Waals surface area contributed by atoms with Gasteiger partial charge in [-0.3, -0.25) is 9.59 Å². The molecule has 5 nitrogen and oxygen atoms in total. The van der Waals surface area contributed by atoms with Crippen LogP contribution in [0.25, 0.3) is 0 Å². The minimum Gasteiger partial charge on any atom is -0.371 e. The smallest absolute Gasteiger partial charge is 0.254 e. The zero-order valence-electron chi connectivity index (χ0n) is 16.2. The zero-order chi connectivity index (χ0) is 18.9. The SMILES string of the molecule is CC1CCC(C(=O)N2CCC3(CC2)CN(C(=O)c2ccsc2)CCO3)CC1. The molecule has 2 aliphatic heterocycles. The molecular weight excluding hydrogens is 360 g/mol. The third-order valence-electron chi connectivity index (χ3n) is 6.66. The normalized spacial score (nSPS) is 28.3. The van der Waals surface area contributed by atoms with Crippen molar-refractivity contribution in [2.24, 2.45) is 11.8 Å². The van der Waals surface area contributed by atoms with Crippen LogP contribution in [-0.4, -0.2) is 60.0 Å². The minimum atomic E-state index is -0.276. The van der Waals surface area contributed by atoms with E-state index in [1.807, 2.05) is 21.7 Å². The lowest BCUT2D eigenvalue weighted by atomic mass is 9.81. The predicted molar refractivity (Wildman–Crippen MR) is 106 cm³/mol. The molecule has 0 atom stereocenters. The molecule has 0 radical (unpaired) electrons. The first-order valence-electron chi connectivity index (χ1n) is 10.3. The lowest BCUT2D eigenvalue weighted by Crippen LogP contribution is -2.59. The average molecular weight is 391 g/mol. The summed E-state index contributed by atoms with van der Waals surface area (Å²) in [5.74, 6) is 1.44. The summed E-state index contributed by atoms with van der Waals surface area (Å²) in [5.41, 5.74) is 0.498. The van der Waals surface area contributed by atoms with Crippen LogP contribution in [0.2, 0.25) is 0 Å². The summed E-state index contributed by atoms with van der Waals surface area (Å²) in [5, 5.41) is 3.86. The molecule has 6 heteroatoms. The molecule has 2 saturated heterocycles. The number of amides is 2. The van der Waals surface area contributed by atoms with Gasteiger partial charge in [0.2, 0.25) is 5.91 Å². The van der Waals surface area contributed by atoms with Crippen LogP contribution in [0.3, 0.4) is 0 Å². The number of morpholine rings is 1. The molecule has 3 aliphatic rings. The van der Waals surface area contributed by atoms with Crippen molar-refractivity contribution in [1.82, 2.24) is 9.80 Å². The van der Waals surface area contributed by atoms with E-state index in [0.29, 0.717) is 25.6 Å². The summed E-state index contributed by atoms with van der Waals surface area (Å²) in [6.45, 7) is 5.68. The highest BCUT2D eigenvalue weighted by atomic mass is 32.1. The standard InChI is InChI=1S/C21H30N2O3S/c1-16-2-4-17(5-3-16)19(24)22-9-7-21(8-10-22)15-23(11-12-26-21)20(25)18-6-13-27-14-18/h6,13-14,16-17H,2-5,7-12,15H2,1H3. The molecule has 0 bridgehead atoms. The predicted octanol–water partition coefficient (Wildman–Crippen LogP) is 3.41. The van der Waals surface area contributed by atoms with Gasteiger partial charge in [-0.2, -0.15) is 11.3 Å². The van der Waals surface area contributed by atoms with E-state index in [1.54, 1.807) is 11.3 Å². The Bertz CT molecular complexity index is 659. The van der Waals surface area contributed by atoms with Gasteiger partial charge in [0.25, 0.3) is 5.91 Å². The summed E-state index contributed by atoms with van der Waals surface area (Å²) in [7, 11) is 0. The molecule has 0 aromatic carbocycles. The average Bonchev–Trinajstić information content (AvgIpc) is 3.23. The van der Waals surface area contributed by atoms with Crippen molar-refractivity contribution in [2.45, 2.75) is 51.0 Å². The molecule has 0 N–H and O–H groups in total. The summed E-state index contributed by atoms with van der Waals surface area (Å²) >= 11 is 1.55. The number of nitrogens with zero attached hydrogens (tertiary/aromatic N) is 2. The molecule has 3 fully saturated rings. The second kappa shape index (κ2) is 7.92. The Morgan fingerprint density at radius 1 is 1.11 bits per heavy atom. The van der Waals surface area contributed by atoms with E-state index in [9.17, 15) is 9.59 Å². The highest BCUT2D eigenvalue weighted by Gasteiger charge is 2.42. The van der Waals surface area contributed by atoms with Crippen molar-refractivity contribution < 1.29 is 14.3 Å². The van der Waals surface area contributed by atoms with Gasteiger partial charge >= 0.3 is 0 Å². The number of ether oxygens (including phenoxy) is 1. The lowest BCUT2D eigenvalue weighted by Gasteiger charge is -2.47. The van der Waals surface area contributed by atoms with Gasteiger partial charge in [-0.15, -0.1) is 0 Å².